The van der Waals surface area contributed by atoms with Crippen LogP contribution in [-0.4, -0.2) is 0 Å². The summed E-state index contributed by atoms with van der Waals surface area (Å²) in [6, 6.07) is 7.06. The van der Waals surface area contributed by atoms with Crippen LogP contribution in [0.4, 0.5) is 0 Å². The Morgan fingerprint density at radius 2 is 1.41 bits per heavy atom. The molecule has 0 fully saturated rings. The molecule has 0 saturated carbocycles. The van der Waals surface area contributed by atoms with Crippen molar-refractivity contribution in [2.75, 3.05) is 0 Å². The Morgan fingerprint density at radius 1 is 0.824 bits per heavy atom. The minimum Gasteiger partial charge on any atom is -0.0840 e. The third kappa shape index (κ3) is 5.21. The highest BCUT2D eigenvalue weighted by atomic mass is 14.0. The summed E-state index contributed by atoms with van der Waals surface area (Å²) < 4.78 is 0. The Bertz CT molecular complexity index is 323. The third-order valence-electron chi connectivity index (χ3n) is 2.92. The van der Waals surface area contributed by atoms with Crippen molar-refractivity contribution in [2.24, 2.45) is 0 Å². The molecule has 0 radical (unpaired) electrons. The predicted molar refractivity (Wildman–Crippen MR) is 78.4 cm³/mol. The molecule has 0 amide bonds. The van der Waals surface area contributed by atoms with E-state index in [0.29, 0.717) is 0 Å². The molecule has 0 nitrogen and oxygen atoms in total. The van der Waals surface area contributed by atoms with Crippen LogP contribution in [-0.2, 0) is 12.8 Å². The van der Waals surface area contributed by atoms with Crippen LogP contribution in [0.25, 0.3) is 6.08 Å². The predicted octanol–water partition coefficient (Wildman–Crippen LogP) is 5.40. The van der Waals surface area contributed by atoms with Gasteiger partial charge >= 0.3 is 0 Å². The minimum atomic E-state index is 1.18. The molecular weight excluding hydrogens is 204 g/mol. The number of unbranched alkanes of at least 4 members (excludes halogenated alkanes) is 1. The molecule has 0 bridgehead atoms. The Kier molecular flexibility index (Phi) is 6.69. The first-order chi connectivity index (χ1) is 8.30. The van der Waals surface area contributed by atoms with Crippen molar-refractivity contribution in [2.45, 2.75) is 59.3 Å². The van der Waals surface area contributed by atoms with Gasteiger partial charge in [-0.2, -0.15) is 0 Å². The fourth-order valence-corrected chi connectivity index (χ4v) is 2.14. The van der Waals surface area contributed by atoms with Gasteiger partial charge in [0, 0.05) is 0 Å². The van der Waals surface area contributed by atoms with Gasteiger partial charge in [-0.15, -0.1) is 0 Å². The van der Waals surface area contributed by atoms with E-state index in [1.54, 1.807) is 0 Å². The Labute approximate surface area is 107 Å². The second kappa shape index (κ2) is 8.11. The molecule has 0 saturated heterocycles. The van der Waals surface area contributed by atoms with Crippen molar-refractivity contribution < 1.29 is 0 Å². The first-order valence-electron chi connectivity index (χ1n) is 7.09. The van der Waals surface area contributed by atoms with Crippen molar-refractivity contribution in [1.82, 2.24) is 0 Å². The fourth-order valence-electron chi connectivity index (χ4n) is 2.14. The van der Waals surface area contributed by atoms with Crippen LogP contribution in [0.2, 0.25) is 0 Å². The van der Waals surface area contributed by atoms with Gasteiger partial charge in [0.1, 0.15) is 0 Å². The van der Waals surface area contributed by atoms with Crippen LogP contribution in [0.1, 0.15) is 63.1 Å². The van der Waals surface area contributed by atoms with E-state index in [4.69, 9.17) is 0 Å². The molecule has 0 heteroatoms. The Hall–Kier alpha value is -1.04. The summed E-state index contributed by atoms with van der Waals surface area (Å²) >= 11 is 0. The zero-order valence-corrected chi connectivity index (χ0v) is 11.6. The topological polar surface area (TPSA) is 0 Å². The summed E-state index contributed by atoms with van der Waals surface area (Å²) in [5, 5.41) is 0. The smallest absolute Gasteiger partial charge is 0.0254 e. The molecule has 94 valence electrons. The van der Waals surface area contributed by atoms with Crippen LogP contribution < -0.4 is 0 Å². The van der Waals surface area contributed by atoms with Crippen LogP contribution in [0, 0.1) is 0 Å². The molecule has 0 aliphatic carbocycles. The molecule has 0 heterocycles. The molecule has 0 atom stereocenters. The molecule has 0 unspecified atom stereocenters. The van der Waals surface area contributed by atoms with Gasteiger partial charge in [0.15, 0.2) is 0 Å². The highest BCUT2D eigenvalue weighted by molar-refractivity contribution is 5.52. The van der Waals surface area contributed by atoms with E-state index in [1.165, 1.54) is 55.2 Å². The fraction of sp³-hybridized carbons (Fsp3) is 0.529. The van der Waals surface area contributed by atoms with Crippen molar-refractivity contribution in [3.63, 3.8) is 0 Å². The molecule has 1 aromatic rings. The van der Waals surface area contributed by atoms with Gasteiger partial charge in [0.05, 0.1) is 0 Å². The summed E-state index contributed by atoms with van der Waals surface area (Å²) in [5.41, 5.74) is 4.37. The lowest BCUT2D eigenvalue weighted by Crippen LogP contribution is -1.90. The molecule has 0 aromatic heterocycles. The van der Waals surface area contributed by atoms with E-state index in [-0.39, 0.29) is 0 Å². The van der Waals surface area contributed by atoms with Gasteiger partial charge in [-0.1, -0.05) is 70.4 Å². The molecule has 0 N–H and O–H groups in total. The number of hydrogen-bond donors (Lipinski definition) is 0. The van der Waals surface area contributed by atoms with Gasteiger partial charge in [-0.25, -0.2) is 0 Å². The van der Waals surface area contributed by atoms with Gasteiger partial charge in [-0.3, -0.25) is 0 Å². The van der Waals surface area contributed by atoms with E-state index < -0.39 is 0 Å². The second-order valence-electron chi connectivity index (χ2n) is 4.77. The molecule has 0 aliphatic heterocycles. The first-order valence-corrected chi connectivity index (χ1v) is 7.09. The van der Waals surface area contributed by atoms with Crippen molar-refractivity contribution >= 4 is 6.08 Å². The van der Waals surface area contributed by atoms with Gasteiger partial charge in [0.2, 0.25) is 0 Å². The van der Waals surface area contributed by atoms with Crippen LogP contribution in [0.3, 0.4) is 0 Å². The lowest BCUT2D eigenvalue weighted by Gasteiger charge is -2.06. The van der Waals surface area contributed by atoms with Crippen molar-refractivity contribution in [1.29, 1.82) is 0 Å². The number of aryl methyl sites for hydroxylation is 2. The number of rotatable bonds is 7. The maximum atomic E-state index is 2.38. The first kappa shape index (κ1) is 14.0. The largest absolute Gasteiger partial charge is 0.0840 e. The molecule has 0 aliphatic rings. The normalized spacial score (nSPS) is 11.2. The zero-order chi connectivity index (χ0) is 12.5. The molecule has 1 rings (SSSR count). The van der Waals surface area contributed by atoms with Gasteiger partial charge in [-0.05, 0) is 36.0 Å². The van der Waals surface area contributed by atoms with Crippen molar-refractivity contribution in [3.05, 3.63) is 41.0 Å². The van der Waals surface area contributed by atoms with Crippen molar-refractivity contribution in [3.8, 4) is 0 Å². The Morgan fingerprint density at radius 3 is 1.88 bits per heavy atom. The van der Waals surface area contributed by atoms with Gasteiger partial charge < -0.3 is 0 Å². The maximum Gasteiger partial charge on any atom is -0.0254 e. The standard InChI is InChI=1S/C17H26/c1-4-7-8-11-17-13-15(9-5-2)12-16(14-17)10-6-3/h8,11-14H,4-7,9-10H2,1-3H3. The average molecular weight is 230 g/mol. The summed E-state index contributed by atoms with van der Waals surface area (Å²) in [7, 11) is 0. The highest BCUT2D eigenvalue weighted by Gasteiger charge is 1.98. The second-order valence-corrected chi connectivity index (χ2v) is 4.77. The molecule has 1 aromatic carbocycles. The van der Waals surface area contributed by atoms with Crippen LogP contribution in [0.15, 0.2) is 24.3 Å². The van der Waals surface area contributed by atoms with Gasteiger partial charge in [0.25, 0.3) is 0 Å². The summed E-state index contributed by atoms with van der Waals surface area (Å²) in [4.78, 5) is 0. The number of benzene rings is 1. The number of hydrogen-bond acceptors (Lipinski definition) is 0. The van der Waals surface area contributed by atoms with E-state index >= 15 is 0 Å². The third-order valence-corrected chi connectivity index (χ3v) is 2.92. The Balaban J connectivity index is 2.86. The molecular formula is C17H26. The quantitative estimate of drug-likeness (QED) is 0.588. The highest BCUT2D eigenvalue weighted by Crippen LogP contribution is 2.15. The van der Waals surface area contributed by atoms with Crippen LogP contribution in [0.5, 0.6) is 0 Å². The average Bonchev–Trinajstić information content (AvgIpc) is 2.30. The summed E-state index contributed by atoms with van der Waals surface area (Å²) in [6.45, 7) is 6.72. The van der Waals surface area contributed by atoms with Crippen LogP contribution >= 0.6 is 0 Å². The van der Waals surface area contributed by atoms with E-state index in [1.807, 2.05) is 0 Å². The lowest BCUT2D eigenvalue weighted by molar-refractivity contribution is 0.894. The minimum absolute atomic E-state index is 1.18. The maximum absolute atomic E-state index is 2.38. The molecule has 17 heavy (non-hydrogen) atoms. The monoisotopic (exact) mass is 230 g/mol. The van der Waals surface area contributed by atoms with E-state index in [0.717, 1.165) is 0 Å². The molecule has 0 spiro atoms. The number of allylic oxidation sites excluding steroid dienone is 1. The lowest BCUT2D eigenvalue weighted by atomic mass is 9.99. The summed E-state index contributed by atoms with van der Waals surface area (Å²) in [6.07, 6.45) is 11.8. The van der Waals surface area contributed by atoms with E-state index in [2.05, 4.69) is 51.1 Å². The zero-order valence-electron chi connectivity index (χ0n) is 11.6. The SMILES string of the molecule is CCCC=Cc1cc(CCC)cc(CCC)c1. The summed E-state index contributed by atoms with van der Waals surface area (Å²) in [5.74, 6) is 0. The van der Waals surface area contributed by atoms with E-state index in [9.17, 15) is 0 Å².